The molecule has 0 aliphatic carbocycles. The van der Waals surface area contributed by atoms with Crippen LogP contribution in [0.25, 0.3) is 27.3 Å². The number of hydrogen-bond donors (Lipinski definition) is 1. The van der Waals surface area contributed by atoms with E-state index in [1.54, 1.807) is 10.6 Å². The van der Waals surface area contributed by atoms with Gasteiger partial charge in [0.15, 0.2) is 0 Å². The number of aliphatic hydroxyl groups excluding tert-OH is 1. The van der Waals surface area contributed by atoms with Crippen LogP contribution in [0, 0.1) is 0 Å². The average Bonchev–Trinajstić information content (AvgIpc) is 3.28. The van der Waals surface area contributed by atoms with Gasteiger partial charge in [-0.15, -0.1) is 0 Å². The van der Waals surface area contributed by atoms with E-state index in [-0.39, 0.29) is 5.56 Å². The Labute approximate surface area is 181 Å². The third-order valence-electron chi connectivity index (χ3n) is 6.68. The Bertz CT molecular complexity index is 1310. The monoisotopic (exact) mass is 416 g/mol. The number of nitrogens with zero attached hydrogens (tertiary/aromatic N) is 4. The standard InChI is InChI=1S/C25H28N4O2/c1-3-27(4-2)19-11-13-28(16-19)24(30)20-10-7-12-29-23(20)26-22-15-18-9-6-5-8-17(18)14-21(22)25(29)31/h5-10,12,14-15,19,24,30H,3-4,11,13,16H2,1-2H3. The average molecular weight is 417 g/mol. The molecule has 1 saturated heterocycles. The lowest BCUT2D eigenvalue weighted by Crippen LogP contribution is -2.38. The molecule has 2 atom stereocenters. The third kappa shape index (κ3) is 3.41. The van der Waals surface area contributed by atoms with Gasteiger partial charge < -0.3 is 5.11 Å². The van der Waals surface area contributed by atoms with Gasteiger partial charge in [-0.3, -0.25) is 19.0 Å². The Balaban J connectivity index is 1.59. The molecule has 160 valence electrons. The van der Waals surface area contributed by atoms with Gasteiger partial charge >= 0.3 is 0 Å². The number of hydrogen-bond acceptors (Lipinski definition) is 5. The lowest BCUT2D eigenvalue weighted by molar-refractivity contribution is 0.0144. The minimum absolute atomic E-state index is 0.109. The minimum Gasteiger partial charge on any atom is -0.374 e. The van der Waals surface area contributed by atoms with Crippen LogP contribution in [0.15, 0.2) is 59.5 Å². The fourth-order valence-electron chi connectivity index (χ4n) is 4.96. The van der Waals surface area contributed by atoms with Gasteiger partial charge in [0, 0.05) is 30.9 Å². The van der Waals surface area contributed by atoms with E-state index in [0.717, 1.165) is 43.4 Å². The minimum atomic E-state index is -0.790. The molecule has 1 N–H and O–H groups in total. The molecule has 5 rings (SSSR count). The van der Waals surface area contributed by atoms with Gasteiger partial charge in [-0.1, -0.05) is 38.1 Å². The molecule has 1 fully saturated rings. The number of aromatic nitrogens is 2. The van der Waals surface area contributed by atoms with Gasteiger partial charge in [0.2, 0.25) is 0 Å². The Morgan fingerprint density at radius 2 is 1.87 bits per heavy atom. The molecule has 0 bridgehead atoms. The van der Waals surface area contributed by atoms with Crippen molar-refractivity contribution in [3.63, 3.8) is 0 Å². The summed E-state index contributed by atoms with van der Waals surface area (Å²) in [5.41, 5.74) is 1.75. The lowest BCUT2D eigenvalue weighted by atomic mass is 10.1. The Morgan fingerprint density at radius 1 is 1.13 bits per heavy atom. The van der Waals surface area contributed by atoms with Crippen LogP contribution in [0.2, 0.25) is 0 Å². The van der Waals surface area contributed by atoms with Crippen molar-refractivity contribution in [3.8, 4) is 0 Å². The van der Waals surface area contributed by atoms with Gasteiger partial charge in [-0.25, -0.2) is 4.98 Å². The first-order valence-electron chi connectivity index (χ1n) is 11.1. The van der Waals surface area contributed by atoms with E-state index in [4.69, 9.17) is 4.98 Å². The number of aliphatic hydroxyl groups is 1. The molecule has 2 unspecified atom stereocenters. The zero-order valence-corrected chi connectivity index (χ0v) is 18.0. The van der Waals surface area contributed by atoms with Crippen molar-refractivity contribution in [1.29, 1.82) is 0 Å². The van der Waals surface area contributed by atoms with Crippen LogP contribution in [-0.2, 0) is 0 Å². The molecule has 31 heavy (non-hydrogen) atoms. The molecule has 0 spiro atoms. The van der Waals surface area contributed by atoms with E-state index in [1.807, 2.05) is 48.5 Å². The summed E-state index contributed by atoms with van der Waals surface area (Å²) in [7, 11) is 0. The predicted octanol–water partition coefficient (Wildman–Crippen LogP) is 3.41. The van der Waals surface area contributed by atoms with E-state index in [0.29, 0.717) is 28.2 Å². The van der Waals surface area contributed by atoms with Gasteiger partial charge in [0.25, 0.3) is 5.56 Å². The van der Waals surface area contributed by atoms with Crippen LogP contribution in [0.5, 0.6) is 0 Å². The highest BCUT2D eigenvalue weighted by molar-refractivity contribution is 5.96. The van der Waals surface area contributed by atoms with Gasteiger partial charge in [-0.2, -0.15) is 0 Å². The Kier molecular flexibility index (Phi) is 5.22. The van der Waals surface area contributed by atoms with E-state index >= 15 is 0 Å². The van der Waals surface area contributed by atoms with Crippen LogP contribution in [0.1, 0.15) is 32.1 Å². The summed E-state index contributed by atoms with van der Waals surface area (Å²) in [5, 5.41) is 13.9. The van der Waals surface area contributed by atoms with E-state index in [1.165, 1.54) is 0 Å². The predicted molar refractivity (Wildman–Crippen MR) is 124 cm³/mol. The Morgan fingerprint density at radius 3 is 2.61 bits per heavy atom. The molecule has 1 aliphatic heterocycles. The molecule has 6 heteroatoms. The highest BCUT2D eigenvalue weighted by Crippen LogP contribution is 2.28. The third-order valence-corrected chi connectivity index (χ3v) is 6.68. The van der Waals surface area contributed by atoms with Crippen molar-refractivity contribution < 1.29 is 5.11 Å². The molecule has 0 radical (unpaired) electrons. The summed E-state index contributed by atoms with van der Waals surface area (Å²) >= 11 is 0. The number of rotatable bonds is 5. The lowest BCUT2D eigenvalue weighted by Gasteiger charge is -2.28. The fourth-order valence-corrected chi connectivity index (χ4v) is 4.96. The molecule has 4 aromatic rings. The molecule has 2 aromatic carbocycles. The first kappa shape index (κ1) is 20.1. The Hall–Kier alpha value is -2.80. The SMILES string of the molecule is CCN(CC)C1CCN(C(O)c2cccn3c(=O)c4cc5ccccc5cc4nc23)C1. The quantitative estimate of drug-likeness (QED) is 0.505. The second-order valence-electron chi connectivity index (χ2n) is 8.32. The fraction of sp³-hybridized carbons (Fsp3) is 0.360. The number of likely N-dealkylation sites (tertiary alicyclic amines) is 1. The van der Waals surface area contributed by atoms with Gasteiger partial charge in [0.05, 0.1) is 10.9 Å². The number of pyridine rings is 1. The van der Waals surface area contributed by atoms with E-state index in [2.05, 4.69) is 23.6 Å². The van der Waals surface area contributed by atoms with Crippen molar-refractivity contribution in [3.05, 3.63) is 70.6 Å². The van der Waals surface area contributed by atoms with Crippen LogP contribution < -0.4 is 5.56 Å². The van der Waals surface area contributed by atoms with Crippen LogP contribution in [0.3, 0.4) is 0 Å². The van der Waals surface area contributed by atoms with Crippen LogP contribution >= 0.6 is 0 Å². The van der Waals surface area contributed by atoms with Crippen molar-refractivity contribution >= 4 is 27.3 Å². The van der Waals surface area contributed by atoms with Crippen LogP contribution in [-0.4, -0.2) is 56.5 Å². The molecule has 0 amide bonds. The maximum atomic E-state index is 13.3. The first-order valence-corrected chi connectivity index (χ1v) is 11.1. The molecule has 0 saturated carbocycles. The van der Waals surface area contributed by atoms with Crippen molar-refractivity contribution in [2.75, 3.05) is 26.2 Å². The largest absolute Gasteiger partial charge is 0.374 e. The normalized spacial score (nSPS) is 18.5. The highest BCUT2D eigenvalue weighted by Gasteiger charge is 2.31. The van der Waals surface area contributed by atoms with Crippen LogP contribution in [0.4, 0.5) is 0 Å². The second kappa shape index (κ2) is 8.04. The molecule has 2 aromatic heterocycles. The maximum Gasteiger partial charge on any atom is 0.265 e. The highest BCUT2D eigenvalue weighted by atomic mass is 16.3. The molecule has 3 heterocycles. The summed E-state index contributed by atoms with van der Waals surface area (Å²) in [6, 6.07) is 16.0. The summed E-state index contributed by atoms with van der Waals surface area (Å²) in [6.45, 7) is 8.02. The molecular formula is C25H28N4O2. The van der Waals surface area contributed by atoms with Crippen molar-refractivity contribution in [2.45, 2.75) is 32.5 Å². The number of likely N-dealkylation sites (N-methyl/N-ethyl adjacent to an activating group) is 1. The molecular weight excluding hydrogens is 388 g/mol. The van der Waals surface area contributed by atoms with E-state index in [9.17, 15) is 9.90 Å². The summed E-state index contributed by atoms with van der Waals surface area (Å²) in [5.74, 6) is 0. The smallest absolute Gasteiger partial charge is 0.265 e. The van der Waals surface area contributed by atoms with Crippen molar-refractivity contribution in [1.82, 2.24) is 19.2 Å². The number of benzene rings is 2. The summed E-state index contributed by atoms with van der Waals surface area (Å²) in [4.78, 5) is 22.6. The van der Waals surface area contributed by atoms with Crippen molar-refractivity contribution in [2.24, 2.45) is 0 Å². The first-order chi connectivity index (χ1) is 15.1. The maximum absolute atomic E-state index is 13.3. The van der Waals surface area contributed by atoms with Gasteiger partial charge in [-0.05, 0) is 54.5 Å². The second-order valence-corrected chi connectivity index (χ2v) is 8.32. The van der Waals surface area contributed by atoms with Gasteiger partial charge in [0.1, 0.15) is 11.9 Å². The molecule has 1 aliphatic rings. The number of fused-ring (bicyclic) bond motifs is 3. The zero-order chi connectivity index (χ0) is 21.5. The van der Waals surface area contributed by atoms with E-state index < -0.39 is 6.23 Å². The topological polar surface area (TPSA) is 61.1 Å². The summed E-state index contributed by atoms with van der Waals surface area (Å²) < 4.78 is 1.56. The molecule has 6 nitrogen and oxygen atoms in total. The summed E-state index contributed by atoms with van der Waals surface area (Å²) in [6.07, 6.45) is 1.98. The zero-order valence-electron chi connectivity index (χ0n) is 18.0.